The van der Waals surface area contributed by atoms with Gasteiger partial charge in [-0.1, -0.05) is 6.07 Å². The third-order valence-electron chi connectivity index (χ3n) is 3.38. The van der Waals surface area contributed by atoms with E-state index in [0.717, 1.165) is 11.1 Å². The quantitative estimate of drug-likeness (QED) is 0.873. The zero-order valence-electron chi connectivity index (χ0n) is 11.0. The number of fused-ring (bicyclic) bond motifs is 1. The average molecular weight is 273 g/mol. The van der Waals surface area contributed by atoms with E-state index in [9.17, 15) is 10.2 Å². The standard InChI is InChI=1S/C15H15NO4/c1-19-14-7-10(4-5-16-14)15-12(18)6-9-2-3-11(17)8-13(9)20-15/h2-5,7-8,12,15,17-18H,6H2,1H3. The van der Waals surface area contributed by atoms with Crippen LogP contribution < -0.4 is 9.47 Å². The van der Waals surface area contributed by atoms with Gasteiger partial charge in [-0.05, 0) is 17.7 Å². The van der Waals surface area contributed by atoms with E-state index in [2.05, 4.69) is 4.98 Å². The van der Waals surface area contributed by atoms with E-state index in [4.69, 9.17) is 9.47 Å². The number of hydrogen-bond donors (Lipinski definition) is 2. The van der Waals surface area contributed by atoms with Crippen LogP contribution in [0.2, 0.25) is 0 Å². The molecule has 20 heavy (non-hydrogen) atoms. The van der Waals surface area contributed by atoms with Crippen molar-refractivity contribution in [3.8, 4) is 17.4 Å². The normalized spacial score (nSPS) is 20.9. The van der Waals surface area contributed by atoms with Gasteiger partial charge in [-0.15, -0.1) is 0 Å². The molecule has 0 bridgehead atoms. The summed E-state index contributed by atoms with van der Waals surface area (Å²) >= 11 is 0. The molecule has 1 aliphatic rings. The second-order valence-electron chi connectivity index (χ2n) is 4.73. The molecule has 0 radical (unpaired) electrons. The Labute approximate surface area is 116 Å². The molecule has 2 aromatic rings. The van der Waals surface area contributed by atoms with Crippen LogP contribution in [0.15, 0.2) is 36.5 Å². The molecule has 0 spiro atoms. The summed E-state index contributed by atoms with van der Waals surface area (Å²) < 4.78 is 10.9. The Hall–Kier alpha value is -2.27. The number of aliphatic hydroxyl groups excluding tert-OH is 1. The summed E-state index contributed by atoms with van der Waals surface area (Å²) in [4.78, 5) is 4.04. The van der Waals surface area contributed by atoms with Gasteiger partial charge in [0.25, 0.3) is 0 Å². The second-order valence-corrected chi connectivity index (χ2v) is 4.73. The maximum absolute atomic E-state index is 10.3. The molecule has 3 rings (SSSR count). The number of aliphatic hydroxyl groups is 1. The molecular formula is C15H15NO4. The number of ether oxygens (including phenoxy) is 2. The second kappa shape index (κ2) is 5.02. The first-order valence-electron chi connectivity index (χ1n) is 6.34. The van der Waals surface area contributed by atoms with E-state index in [-0.39, 0.29) is 5.75 Å². The first-order chi connectivity index (χ1) is 9.67. The van der Waals surface area contributed by atoms with Gasteiger partial charge in [0, 0.05) is 30.3 Å². The summed E-state index contributed by atoms with van der Waals surface area (Å²) in [6.07, 6.45) is 0.938. The van der Waals surface area contributed by atoms with Gasteiger partial charge in [0.15, 0.2) is 6.10 Å². The fourth-order valence-corrected chi connectivity index (χ4v) is 2.37. The van der Waals surface area contributed by atoms with Crippen molar-refractivity contribution in [1.82, 2.24) is 4.98 Å². The van der Waals surface area contributed by atoms with Crippen molar-refractivity contribution in [2.45, 2.75) is 18.6 Å². The smallest absolute Gasteiger partial charge is 0.213 e. The number of nitrogens with zero attached hydrogens (tertiary/aromatic N) is 1. The van der Waals surface area contributed by atoms with Gasteiger partial charge >= 0.3 is 0 Å². The molecule has 1 aromatic carbocycles. The van der Waals surface area contributed by atoms with Crippen molar-refractivity contribution in [3.05, 3.63) is 47.7 Å². The van der Waals surface area contributed by atoms with Crippen LogP contribution in [0, 0.1) is 0 Å². The molecule has 2 atom stereocenters. The number of benzene rings is 1. The summed E-state index contributed by atoms with van der Waals surface area (Å²) in [6, 6.07) is 8.43. The number of methoxy groups -OCH3 is 1. The number of phenolic OH excluding ortho intramolecular Hbond substituents is 1. The van der Waals surface area contributed by atoms with Crippen molar-refractivity contribution in [1.29, 1.82) is 0 Å². The Bertz CT molecular complexity index is 629. The van der Waals surface area contributed by atoms with E-state index < -0.39 is 12.2 Å². The molecule has 0 aliphatic carbocycles. The number of phenols is 1. The van der Waals surface area contributed by atoms with Gasteiger partial charge in [0.1, 0.15) is 11.5 Å². The zero-order valence-corrected chi connectivity index (χ0v) is 11.0. The minimum absolute atomic E-state index is 0.145. The molecule has 5 heteroatoms. The van der Waals surface area contributed by atoms with Crippen LogP contribution in [-0.4, -0.2) is 28.4 Å². The van der Waals surface area contributed by atoms with Gasteiger partial charge in [-0.25, -0.2) is 4.98 Å². The molecule has 0 saturated heterocycles. The number of hydrogen-bond acceptors (Lipinski definition) is 5. The predicted molar refractivity (Wildman–Crippen MR) is 72.0 cm³/mol. The number of pyridine rings is 1. The van der Waals surface area contributed by atoms with E-state index in [1.807, 2.05) is 0 Å². The van der Waals surface area contributed by atoms with E-state index in [0.29, 0.717) is 18.1 Å². The summed E-state index contributed by atoms with van der Waals surface area (Å²) in [6.45, 7) is 0. The van der Waals surface area contributed by atoms with Crippen molar-refractivity contribution in [2.75, 3.05) is 7.11 Å². The average Bonchev–Trinajstić information content (AvgIpc) is 2.47. The molecule has 104 valence electrons. The lowest BCUT2D eigenvalue weighted by atomic mass is 9.95. The van der Waals surface area contributed by atoms with E-state index >= 15 is 0 Å². The van der Waals surface area contributed by atoms with E-state index in [1.165, 1.54) is 7.11 Å². The molecule has 1 aromatic heterocycles. The van der Waals surface area contributed by atoms with Gasteiger partial charge in [0.05, 0.1) is 13.2 Å². The lowest BCUT2D eigenvalue weighted by molar-refractivity contribution is 0.0205. The summed E-state index contributed by atoms with van der Waals surface area (Å²) in [5.41, 5.74) is 1.67. The molecule has 2 N–H and O–H groups in total. The monoisotopic (exact) mass is 273 g/mol. The maximum atomic E-state index is 10.3. The fourth-order valence-electron chi connectivity index (χ4n) is 2.37. The van der Waals surface area contributed by atoms with Crippen LogP contribution in [0.1, 0.15) is 17.2 Å². The highest BCUT2D eigenvalue weighted by atomic mass is 16.5. The van der Waals surface area contributed by atoms with Crippen molar-refractivity contribution < 1.29 is 19.7 Å². The molecule has 0 amide bonds. The molecule has 2 heterocycles. The minimum atomic E-state index is -0.654. The van der Waals surface area contributed by atoms with Crippen LogP contribution >= 0.6 is 0 Å². The van der Waals surface area contributed by atoms with Crippen molar-refractivity contribution in [2.24, 2.45) is 0 Å². The molecule has 1 aliphatic heterocycles. The Morgan fingerprint density at radius 2 is 2.15 bits per heavy atom. The van der Waals surface area contributed by atoms with Crippen LogP contribution in [0.3, 0.4) is 0 Å². The van der Waals surface area contributed by atoms with E-state index in [1.54, 1.807) is 36.5 Å². The van der Waals surface area contributed by atoms with Gasteiger partial charge in [-0.2, -0.15) is 0 Å². The maximum Gasteiger partial charge on any atom is 0.213 e. The highest BCUT2D eigenvalue weighted by molar-refractivity contribution is 5.43. The highest BCUT2D eigenvalue weighted by Crippen LogP contribution is 2.37. The largest absolute Gasteiger partial charge is 0.508 e. The van der Waals surface area contributed by atoms with Crippen molar-refractivity contribution in [3.63, 3.8) is 0 Å². The van der Waals surface area contributed by atoms with Crippen LogP contribution in [-0.2, 0) is 6.42 Å². The molecule has 0 fully saturated rings. The number of aromatic hydroxyl groups is 1. The summed E-state index contributed by atoms with van der Waals surface area (Å²) in [7, 11) is 1.54. The van der Waals surface area contributed by atoms with Crippen LogP contribution in [0.25, 0.3) is 0 Å². The first kappa shape index (κ1) is 12.7. The number of rotatable bonds is 2. The summed E-state index contributed by atoms with van der Waals surface area (Å²) in [5.74, 6) is 1.21. The lowest BCUT2D eigenvalue weighted by Crippen LogP contribution is -2.30. The third kappa shape index (κ3) is 2.28. The number of aromatic nitrogens is 1. The SMILES string of the molecule is COc1cc(C2Oc3cc(O)ccc3CC2O)ccn1. The summed E-state index contributed by atoms with van der Waals surface area (Å²) in [5, 5.41) is 19.8. The Morgan fingerprint density at radius 1 is 1.30 bits per heavy atom. The zero-order chi connectivity index (χ0) is 14.1. The predicted octanol–water partition coefficient (Wildman–Crippen LogP) is 1.83. The van der Waals surface area contributed by atoms with Gasteiger partial charge in [0.2, 0.25) is 5.88 Å². The Kier molecular flexibility index (Phi) is 3.20. The molecule has 2 unspecified atom stereocenters. The molecule has 5 nitrogen and oxygen atoms in total. The van der Waals surface area contributed by atoms with Crippen LogP contribution in [0.5, 0.6) is 17.4 Å². The Balaban J connectivity index is 1.94. The fraction of sp³-hybridized carbons (Fsp3) is 0.267. The third-order valence-corrected chi connectivity index (χ3v) is 3.38. The minimum Gasteiger partial charge on any atom is -0.508 e. The highest BCUT2D eigenvalue weighted by Gasteiger charge is 2.30. The van der Waals surface area contributed by atoms with Gasteiger partial charge < -0.3 is 19.7 Å². The Morgan fingerprint density at radius 3 is 2.95 bits per heavy atom. The molecular weight excluding hydrogens is 258 g/mol. The van der Waals surface area contributed by atoms with Crippen LogP contribution in [0.4, 0.5) is 0 Å². The first-order valence-corrected chi connectivity index (χ1v) is 6.34. The van der Waals surface area contributed by atoms with Gasteiger partial charge in [-0.3, -0.25) is 0 Å². The lowest BCUT2D eigenvalue weighted by Gasteiger charge is -2.31. The topological polar surface area (TPSA) is 71.8 Å². The van der Waals surface area contributed by atoms with Crippen molar-refractivity contribution >= 4 is 0 Å². The molecule has 0 saturated carbocycles.